The van der Waals surface area contributed by atoms with Crippen molar-refractivity contribution in [2.75, 3.05) is 19.6 Å². The van der Waals surface area contributed by atoms with Crippen LogP contribution in [0.5, 0.6) is 0 Å². The number of piperidine rings is 1. The van der Waals surface area contributed by atoms with Gasteiger partial charge in [-0.3, -0.25) is 0 Å². The van der Waals surface area contributed by atoms with Crippen LogP contribution in [0.4, 0.5) is 18.0 Å². The third-order valence-corrected chi connectivity index (χ3v) is 6.52. The van der Waals surface area contributed by atoms with E-state index in [0.29, 0.717) is 24.2 Å². The molecule has 174 valence electrons. The lowest BCUT2D eigenvalue weighted by Gasteiger charge is -2.32. The molecule has 1 N–H and O–H groups in total. The van der Waals surface area contributed by atoms with Gasteiger partial charge >= 0.3 is 12.3 Å². The Labute approximate surface area is 183 Å². The van der Waals surface area contributed by atoms with Crippen molar-refractivity contribution >= 4 is 16.1 Å². The molecule has 0 aliphatic carbocycles. The number of nitrogens with one attached hydrogen (secondary N) is 1. The molecule has 0 radical (unpaired) electrons. The number of rotatable bonds is 6. The predicted octanol–water partition coefficient (Wildman–Crippen LogP) is 2.62. The lowest BCUT2D eigenvalue weighted by molar-refractivity contribution is -0.199. The van der Waals surface area contributed by atoms with Crippen LogP contribution < -0.4 is 4.72 Å². The summed E-state index contributed by atoms with van der Waals surface area (Å²) in [6.07, 6.45) is -4.03. The predicted molar refractivity (Wildman–Crippen MR) is 107 cm³/mol. The van der Waals surface area contributed by atoms with Crippen molar-refractivity contribution in [1.29, 1.82) is 0 Å². The van der Waals surface area contributed by atoms with Crippen molar-refractivity contribution in [1.82, 2.24) is 24.8 Å². The number of carbonyl (C=O) groups is 1. The molecule has 1 aromatic carbocycles. The molecule has 0 saturated carbocycles. The minimum absolute atomic E-state index is 0.0584. The smallest absolute Gasteiger partial charge is 0.425 e. The van der Waals surface area contributed by atoms with Crippen molar-refractivity contribution in [3.05, 3.63) is 36.7 Å². The van der Waals surface area contributed by atoms with Crippen LogP contribution in [-0.4, -0.2) is 66.5 Å². The first-order valence-corrected chi connectivity index (χ1v) is 11.3. The highest BCUT2D eigenvalue weighted by atomic mass is 32.2. The summed E-state index contributed by atoms with van der Waals surface area (Å²) in [5.41, 5.74) is 0.621. The Kier molecular flexibility index (Phi) is 7.29. The van der Waals surface area contributed by atoms with Crippen LogP contribution in [0.2, 0.25) is 0 Å². The second-order valence-electron chi connectivity index (χ2n) is 7.34. The highest BCUT2D eigenvalue weighted by Crippen LogP contribution is 2.24. The molecular weight excluding hydrogens is 451 g/mol. The molecule has 3 rings (SSSR count). The Bertz CT molecular complexity index is 1010. The van der Waals surface area contributed by atoms with Gasteiger partial charge in [0.2, 0.25) is 10.0 Å². The molecule has 1 unspecified atom stereocenters. The standard InChI is InChI=1S/C19H22F3N5O4S/c1-13(19(20,21)22)31-18(28)27-10-6-14(7-11-27)12-25-32(29,30)16-4-2-15(3-5-16)17-23-8-9-24-26-17/h2-5,8-9,13-14,25H,6-7,10-12H2,1H3. The molecule has 0 bridgehead atoms. The Morgan fingerprint density at radius 1 is 1.22 bits per heavy atom. The number of halogens is 3. The van der Waals surface area contributed by atoms with Crippen molar-refractivity contribution in [3.63, 3.8) is 0 Å². The lowest BCUT2D eigenvalue weighted by Crippen LogP contribution is -2.44. The monoisotopic (exact) mass is 473 g/mol. The number of likely N-dealkylation sites (tertiary alicyclic amines) is 1. The fourth-order valence-corrected chi connectivity index (χ4v) is 4.20. The third kappa shape index (κ3) is 6.13. The van der Waals surface area contributed by atoms with E-state index in [2.05, 4.69) is 24.6 Å². The zero-order valence-corrected chi connectivity index (χ0v) is 17.9. The molecular formula is C19H22F3N5O4S. The maximum absolute atomic E-state index is 12.6. The summed E-state index contributed by atoms with van der Waals surface area (Å²) in [4.78, 5) is 17.2. The van der Waals surface area contributed by atoms with Crippen LogP contribution in [0.1, 0.15) is 19.8 Å². The number of alkyl halides is 3. The van der Waals surface area contributed by atoms with Crippen molar-refractivity contribution in [3.8, 4) is 11.4 Å². The summed E-state index contributed by atoms with van der Waals surface area (Å²) in [7, 11) is -3.76. The van der Waals surface area contributed by atoms with Gasteiger partial charge in [-0.05, 0) is 49.9 Å². The molecule has 9 nitrogen and oxygen atoms in total. The number of hydrogen-bond acceptors (Lipinski definition) is 7. The molecule has 2 aromatic rings. The van der Waals surface area contributed by atoms with Gasteiger partial charge < -0.3 is 9.64 Å². The number of ether oxygens (including phenoxy) is 1. The number of aromatic nitrogens is 3. The van der Waals surface area contributed by atoms with Crippen molar-refractivity contribution in [2.24, 2.45) is 5.92 Å². The van der Waals surface area contributed by atoms with Crippen LogP contribution in [0, 0.1) is 5.92 Å². The maximum Gasteiger partial charge on any atom is 0.425 e. The van der Waals surface area contributed by atoms with Crippen LogP contribution in [-0.2, 0) is 14.8 Å². The first kappa shape index (κ1) is 23.9. The van der Waals surface area contributed by atoms with Gasteiger partial charge in [-0.25, -0.2) is 22.9 Å². The normalized spacial score (nSPS) is 16.6. The van der Waals surface area contributed by atoms with Gasteiger partial charge in [-0.15, -0.1) is 5.10 Å². The molecule has 1 amide bonds. The molecule has 0 spiro atoms. The Balaban J connectivity index is 1.49. The minimum atomic E-state index is -4.62. The number of amides is 1. The zero-order valence-electron chi connectivity index (χ0n) is 17.1. The maximum atomic E-state index is 12.6. The Morgan fingerprint density at radius 2 is 1.88 bits per heavy atom. The molecule has 1 aromatic heterocycles. The van der Waals surface area contributed by atoms with Gasteiger partial charge in [0.15, 0.2) is 11.9 Å². The van der Waals surface area contributed by atoms with E-state index in [0.717, 1.165) is 6.92 Å². The van der Waals surface area contributed by atoms with Gasteiger partial charge in [-0.1, -0.05) is 0 Å². The van der Waals surface area contributed by atoms with E-state index < -0.39 is 28.4 Å². The molecule has 32 heavy (non-hydrogen) atoms. The average Bonchev–Trinajstić information content (AvgIpc) is 2.78. The summed E-state index contributed by atoms with van der Waals surface area (Å²) < 4.78 is 69.7. The van der Waals surface area contributed by atoms with Gasteiger partial charge in [0, 0.05) is 31.4 Å². The van der Waals surface area contributed by atoms with Crippen LogP contribution in [0.3, 0.4) is 0 Å². The largest absolute Gasteiger partial charge is 0.437 e. The first-order chi connectivity index (χ1) is 15.1. The van der Waals surface area contributed by atoms with E-state index in [1.807, 2.05) is 0 Å². The van der Waals surface area contributed by atoms with E-state index in [1.165, 1.54) is 29.4 Å². The summed E-state index contributed by atoms with van der Waals surface area (Å²) in [6.45, 7) is 1.30. The third-order valence-electron chi connectivity index (χ3n) is 5.08. The fourth-order valence-electron chi connectivity index (χ4n) is 3.09. The van der Waals surface area contributed by atoms with E-state index in [4.69, 9.17) is 0 Å². The average molecular weight is 473 g/mol. The first-order valence-electron chi connectivity index (χ1n) is 9.82. The van der Waals surface area contributed by atoms with E-state index in [1.54, 1.807) is 12.1 Å². The van der Waals surface area contributed by atoms with Crippen molar-refractivity contribution < 1.29 is 31.1 Å². The molecule has 1 aliphatic heterocycles. The van der Waals surface area contributed by atoms with Gasteiger partial charge in [0.1, 0.15) is 0 Å². The number of carbonyl (C=O) groups excluding carboxylic acids is 1. The zero-order chi connectivity index (χ0) is 23.4. The van der Waals surface area contributed by atoms with E-state index in [-0.39, 0.29) is 30.4 Å². The van der Waals surface area contributed by atoms with Crippen molar-refractivity contribution in [2.45, 2.75) is 36.9 Å². The molecule has 1 fully saturated rings. The van der Waals surface area contributed by atoms with Crippen LogP contribution in [0.25, 0.3) is 11.4 Å². The van der Waals surface area contributed by atoms with Gasteiger partial charge in [-0.2, -0.15) is 18.3 Å². The molecule has 1 atom stereocenters. The molecule has 1 aliphatic rings. The number of nitrogens with zero attached hydrogens (tertiary/aromatic N) is 4. The van der Waals surface area contributed by atoms with Gasteiger partial charge in [0.05, 0.1) is 11.1 Å². The van der Waals surface area contributed by atoms with Crippen LogP contribution in [0.15, 0.2) is 41.6 Å². The number of sulfonamides is 1. The second kappa shape index (κ2) is 9.77. The Morgan fingerprint density at radius 3 is 2.44 bits per heavy atom. The highest BCUT2D eigenvalue weighted by molar-refractivity contribution is 7.89. The minimum Gasteiger partial charge on any atom is -0.437 e. The summed E-state index contributed by atoms with van der Waals surface area (Å²) >= 11 is 0. The van der Waals surface area contributed by atoms with E-state index >= 15 is 0 Å². The SMILES string of the molecule is CC(OC(=O)N1CCC(CNS(=O)(=O)c2ccc(-c3nccnn3)cc2)CC1)C(F)(F)F. The lowest BCUT2D eigenvalue weighted by atomic mass is 9.97. The molecule has 13 heteroatoms. The topological polar surface area (TPSA) is 114 Å². The van der Waals surface area contributed by atoms with Gasteiger partial charge in [0.25, 0.3) is 0 Å². The molecule has 2 heterocycles. The number of benzene rings is 1. The van der Waals surface area contributed by atoms with Crippen LogP contribution >= 0.6 is 0 Å². The highest BCUT2D eigenvalue weighted by Gasteiger charge is 2.40. The second-order valence-corrected chi connectivity index (χ2v) is 9.11. The Hall–Kier alpha value is -2.80. The number of hydrogen-bond donors (Lipinski definition) is 1. The van der Waals surface area contributed by atoms with E-state index in [9.17, 15) is 26.4 Å². The fraction of sp³-hybridized carbons (Fsp3) is 0.474. The summed E-state index contributed by atoms with van der Waals surface area (Å²) in [5, 5.41) is 7.59. The summed E-state index contributed by atoms with van der Waals surface area (Å²) in [5.74, 6) is 0.316. The quantitative estimate of drug-likeness (QED) is 0.686. The summed E-state index contributed by atoms with van der Waals surface area (Å²) in [6, 6.07) is 6.04. The molecule has 1 saturated heterocycles.